The molecular formula is C12H8N4O4S. The molecule has 0 unspecified atom stereocenters. The van der Waals surface area contributed by atoms with Gasteiger partial charge < -0.3 is 5.11 Å². The Morgan fingerprint density at radius 2 is 2.14 bits per heavy atom. The minimum Gasteiger partial charge on any atom is -0.478 e. The van der Waals surface area contributed by atoms with E-state index in [1.165, 1.54) is 18.3 Å². The minimum absolute atomic E-state index is 0.0253. The number of nitrogens with one attached hydrogen (secondary N) is 1. The molecule has 0 saturated carbocycles. The van der Waals surface area contributed by atoms with Gasteiger partial charge >= 0.3 is 5.97 Å². The number of rotatable bonds is 4. The van der Waals surface area contributed by atoms with Crippen LogP contribution in [-0.2, 0) is 10.0 Å². The fourth-order valence-corrected chi connectivity index (χ4v) is 2.66. The Bertz CT molecular complexity index is 842. The molecule has 0 spiro atoms. The van der Waals surface area contributed by atoms with Crippen LogP contribution >= 0.6 is 0 Å². The molecule has 2 heterocycles. The lowest BCUT2D eigenvalue weighted by Gasteiger charge is -2.08. The fraction of sp³-hybridized carbons (Fsp3) is 0. The van der Waals surface area contributed by atoms with Crippen LogP contribution < -0.4 is 4.72 Å². The van der Waals surface area contributed by atoms with Crippen molar-refractivity contribution in [3.63, 3.8) is 0 Å². The Balaban J connectivity index is 2.41. The van der Waals surface area contributed by atoms with Gasteiger partial charge in [-0.25, -0.2) is 18.2 Å². The van der Waals surface area contributed by atoms with Crippen LogP contribution in [0.4, 0.5) is 5.69 Å². The lowest BCUT2D eigenvalue weighted by molar-refractivity contribution is 0.0696. The average molecular weight is 304 g/mol. The number of aromatic carboxylic acids is 1. The number of hydrogen-bond acceptors (Lipinski definition) is 6. The number of nitrogens with zero attached hydrogens (tertiary/aromatic N) is 3. The van der Waals surface area contributed by atoms with Crippen molar-refractivity contribution in [2.45, 2.75) is 4.90 Å². The fourth-order valence-electron chi connectivity index (χ4n) is 1.51. The Morgan fingerprint density at radius 3 is 2.81 bits per heavy atom. The first kappa shape index (κ1) is 14.4. The van der Waals surface area contributed by atoms with Crippen LogP contribution in [0.3, 0.4) is 0 Å². The van der Waals surface area contributed by atoms with Gasteiger partial charge in [-0.05, 0) is 18.2 Å². The molecule has 0 aliphatic carbocycles. The second kappa shape index (κ2) is 5.56. The number of nitriles is 1. The number of carbonyl (C=O) groups is 1. The van der Waals surface area contributed by atoms with Crippen molar-refractivity contribution in [1.29, 1.82) is 5.26 Å². The van der Waals surface area contributed by atoms with Gasteiger partial charge in [-0.1, -0.05) is 0 Å². The van der Waals surface area contributed by atoms with E-state index in [4.69, 9.17) is 10.4 Å². The topological polar surface area (TPSA) is 133 Å². The molecule has 106 valence electrons. The summed E-state index contributed by atoms with van der Waals surface area (Å²) < 4.78 is 26.5. The molecule has 0 aromatic carbocycles. The molecule has 0 amide bonds. The molecule has 2 aromatic heterocycles. The Kier molecular flexibility index (Phi) is 3.82. The molecule has 2 aromatic rings. The van der Waals surface area contributed by atoms with Crippen LogP contribution in [0.2, 0.25) is 0 Å². The van der Waals surface area contributed by atoms with Gasteiger partial charge in [-0.2, -0.15) is 5.26 Å². The number of aromatic nitrogens is 2. The maximum atomic E-state index is 12.2. The van der Waals surface area contributed by atoms with Gasteiger partial charge in [0.05, 0.1) is 17.4 Å². The number of sulfonamides is 1. The van der Waals surface area contributed by atoms with Crippen LogP contribution in [-0.4, -0.2) is 29.5 Å². The largest absolute Gasteiger partial charge is 0.478 e. The first-order valence-electron chi connectivity index (χ1n) is 5.50. The van der Waals surface area contributed by atoms with E-state index in [9.17, 15) is 13.2 Å². The highest BCUT2D eigenvalue weighted by Crippen LogP contribution is 2.18. The van der Waals surface area contributed by atoms with Gasteiger partial charge in [0.1, 0.15) is 11.0 Å². The highest BCUT2D eigenvalue weighted by Gasteiger charge is 2.20. The first-order chi connectivity index (χ1) is 9.94. The lowest BCUT2D eigenvalue weighted by Crippen LogP contribution is -2.15. The van der Waals surface area contributed by atoms with Gasteiger partial charge in [0.15, 0.2) is 5.69 Å². The molecule has 0 saturated heterocycles. The SMILES string of the molecule is N#Cc1ncccc1S(=O)(=O)Nc1cncc(C(=O)O)c1. The standard InChI is InChI=1S/C12H8N4O4S/c13-5-10-11(2-1-3-15-10)21(19,20)16-9-4-8(12(17)18)6-14-7-9/h1-4,6-7,16H,(H,17,18). The van der Waals surface area contributed by atoms with Gasteiger partial charge in [-0.15, -0.1) is 0 Å². The molecule has 2 N–H and O–H groups in total. The second-order valence-corrected chi connectivity index (χ2v) is 5.49. The predicted octanol–water partition coefficient (Wildman–Crippen LogP) is 0.847. The van der Waals surface area contributed by atoms with E-state index in [-0.39, 0.29) is 21.8 Å². The van der Waals surface area contributed by atoms with E-state index in [0.717, 1.165) is 18.5 Å². The summed E-state index contributed by atoms with van der Waals surface area (Å²) in [6.45, 7) is 0. The smallest absolute Gasteiger partial charge is 0.337 e. The van der Waals surface area contributed by atoms with Gasteiger partial charge in [0.2, 0.25) is 0 Å². The molecule has 2 rings (SSSR count). The molecule has 9 heteroatoms. The number of hydrogen-bond donors (Lipinski definition) is 2. The zero-order valence-electron chi connectivity index (χ0n) is 10.4. The first-order valence-corrected chi connectivity index (χ1v) is 6.98. The van der Waals surface area contributed by atoms with Crippen molar-refractivity contribution < 1.29 is 18.3 Å². The summed E-state index contributed by atoms with van der Waals surface area (Å²) in [4.78, 5) is 17.8. The van der Waals surface area contributed by atoms with E-state index < -0.39 is 16.0 Å². The summed E-state index contributed by atoms with van der Waals surface area (Å²) >= 11 is 0. The number of carboxylic acids is 1. The number of carboxylic acid groups (broad SMARTS) is 1. The number of pyridine rings is 2. The summed E-state index contributed by atoms with van der Waals surface area (Å²) in [5.41, 5.74) is -0.447. The molecule has 0 bridgehead atoms. The van der Waals surface area contributed by atoms with Crippen LogP contribution in [0.25, 0.3) is 0 Å². The van der Waals surface area contributed by atoms with E-state index >= 15 is 0 Å². The highest BCUT2D eigenvalue weighted by atomic mass is 32.2. The van der Waals surface area contributed by atoms with E-state index in [2.05, 4.69) is 14.7 Å². The quantitative estimate of drug-likeness (QED) is 0.855. The van der Waals surface area contributed by atoms with Crippen molar-refractivity contribution in [2.75, 3.05) is 4.72 Å². The summed E-state index contributed by atoms with van der Waals surface area (Å²) in [7, 11) is -4.07. The maximum absolute atomic E-state index is 12.2. The van der Waals surface area contributed by atoms with E-state index in [1.807, 2.05) is 0 Å². The average Bonchev–Trinajstić information content (AvgIpc) is 2.47. The van der Waals surface area contributed by atoms with E-state index in [0.29, 0.717) is 0 Å². The molecule has 0 fully saturated rings. The van der Waals surface area contributed by atoms with Crippen molar-refractivity contribution in [3.8, 4) is 6.07 Å². The summed E-state index contributed by atoms with van der Waals surface area (Å²) in [5, 5.41) is 17.7. The molecule has 21 heavy (non-hydrogen) atoms. The third-order valence-electron chi connectivity index (χ3n) is 2.40. The Morgan fingerprint density at radius 1 is 1.38 bits per heavy atom. The molecule has 0 aliphatic rings. The Hall–Kier alpha value is -2.99. The predicted molar refractivity (Wildman–Crippen MR) is 71.0 cm³/mol. The summed E-state index contributed by atoms with van der Waals surface area (Å²) in [6, 6.07) is 5.40. The minimum atomic E-state index is -4.07. The lowest BCUT2D eigenvalue weighted by atomic mass is 10.3. The molecular weight excluding hydrogens is 296 g/mol. The summed E-state index contributed by atoms with van der Waals surface area (Å²) in [6.07, 6.45) is 3.54. The molecule has 0 radical (unpaired) electrons. The molecule has 0 aliphatic heterocycles. The summed E-state index contributed by atoms with van der Waals surface area (Å²) in [5.74, 6) is -1.23. The molecule has 0 atom stereocenters. The van der Waals surface area contributed by atoms with Crippen LogP contribution in [0.1, 0.15) is 16.1 Å². The van der Waals surface area contributed by atoms with Gasteiger partial charge in [0.25, 0.3) is 10.0 Å². The van der Waals surface area contributed by atoms with Crippen LogP contribution in [0.5, 0.6) is 0 Å². The van der Waals surface area contributed by atoms with Crippen LogP contribution in [0, 0.1) is 11.3 Å². The molecule has 8 nitrogen and oxygen atoms in total. The Labute approximate surface area is 119 Å². The zero-order chi connectivity index (χ0) is 15.5. The monoisotopic (exact) mass is 304 g/mol. The van der Waals surface area contributed by atoms with Crippen molar-refractivity contribution in [2.24, 2.45) is 0 Å². The van der Waals surface area contributed by atoms with E-state index in [1.54, 1.807) is 6.07 Å². The highest BCUT2D eigenvalue weighted by molar-refractivity contribution is 7.92. The zero-order valence-corrected chi connectivity index (χ0v) is 11.2. The van der Waals surface area contributed by atoms with Crippen molar-refractivity contribution >= 4 is 21.7 Å². The normalized spacial score (nSPS) is 10.6. The number of anilines is 1. The second-order valence-electron chi connectivity index (χ2n) is 3.83. The van der Waals surface area contributed by atoms with Gasteiger partial charge in [-0.3, -0.25) is 9.71 Å². The van der Waals surface area contributed by atoms with Crippen molar-refractivity contribution in [1.82, 2.24) is 9.97 Å². The third kappa shape index (κ3) is 3.13. The third-order valence-corrected chi connectivity index (χ3v) is 3.82. The maximum Gasteiger partial charge on any atom is 0.337 e. The van der Waals surface area contributed by atoms with Crippen molar-refractivity contribution in [3.05, 3.63) is 48.0 Å². The van der Waals surface area contributed by atoms with Gasteiger partial charge in [0, 0.05) is 12.4 Å². The van der Waals surface area contributed by atoms with Crippen LogP contribution in [0.15, 0.2) is 41.7 Å².